The predicted molar refractivity (Wildman–Crippen MR) is 229 cm³/mol. The van der Waals surface area contributed by atoms with Crippen LogP contribution in [0.2, 0.25) is 0 Å². The molecule has 2 aromatic heterocycles. The molecule has 2 aliphatic heterocycles. The number of rotatable bonds is 6. The largest absolute Gasteiger partial charge is 0.508 e. The maximum atomic E-state index is 12.3. The third-order valence-electron chi connectivity index (χ3n) is 10.8. The Bertz CT molecular complexity index is 2170. The van der Waals surface area contributed by atoms with E-state index in [0.717, 1.165) is 60.2 Å². The Hall–Kier alpha value is -5.35. The van der Waals surface area contributed by atoms with Gasteiger partial charge in [-0.15, -0.1) is 0 Å². The van der Waals surface area contributed by atoms with Crippen molar-refractivity contribution >= 4 is 22.3 Å². The lowest BCUT2D eigenvalue weighted by Gasteiger charge is -2.25. The summed E-state index contributed by atoms with van der Waals surface area (Å²) in [4.78, 5) is 43.8. The minimum absolute atomic E-state index is 0.193. The summed E-state index contributed by atoms with van der Waals surface area (Å²) >= 11 is 0. The van der Waals surface area contributed by atoms with Crippen molar-refractivity contribution in [2.75, 3.05) is 32.4 Å². The van der Waals surface area contributed by atoms with Crippen LogP contribution in [0.15, 0.2) is 86.0 Å². The lowest BCUT2D eigenvalue weighted by molar-refractivity contribution is 0.0263. The molecule has 1 N–H and O–H groups in total. The molecular weight excluding hydrogens is 801 g/mol. The minimum atomic E-state index is -3.40. The van der Waals surface area contributed by atoms with E-state index in [1.807, 2.05) is 76.8 Å². The molecule has 4 heterocycles. The molecular formula is C45H58N6O9S. The van der Waals surface area contributed by atoms with Crippen LogP contribution < -0.4 is 4.74 Å². The van der Waals surface area contributed by atoms with Crippen molar-refractivity contribution in [1.82, 2.24) is 29.7 Å². The van der Waals surface area contributed by atoms with Gasteiger partial charge >= 0.3 is 12.2 Å². The molecule has 2 unspecified atom stereocenters. The molecule has 0 spiro atoms. The van der Waals surface area contributed by atoms with Gasteiger partial charge in [0.15, 0.2) is 0 Å². The van der Waals surface area contributed by atoms with Crippen LogP contribution in [0.5, 0.6) is 11.5 Å². The van der Waals surface area contributed by atoms with Gasteiger partial charge in [0.2, 0.25) is 0 Å². The van der Waals surface area contributed by atoms with E-state index in [0.29, 0.717) is 49.6 Å². The number of hydrogen-bond acceptors (Lipinski definition) is 13. The number of hydrogen-bond donors (Lipinski definition) is 1. The summed E-state index contributed by atoms with van der Waals surface area (Å²) in [5.74, 6) is 2.73. The molecule has 2 aromatic carbocycles. The van der Waals surface area contributed by atoms with Crippen molar-refractivity contribution in [3.05, 3.63) is 86.0 Å². The van der Waals surface area contributed by atoms with Gasteiger partial charge in [-0.3, -0.25) is 4.18 Å². The lowest BCUT2D eigenvalue weighted by Crippen LogP contribution is -2.36. The first-order chi connectivity index (χ1) is 28.8. The smallest absolute Gasteiger partial charge is 0.410 e. The van der Waals surface area contributed by atoms with Crippen molar-refractivity contribution in [2.45, 2.75) is 90.6 Å². The van der Waals surface area contributed by atoms with Gasteiger partial charge < -0.3 is 29.1 Å². The van der Waals surface area contributed by atoms with Crippen LogP contribution in [0.25, 0.3) is 22.3 Å². The molecule has 15 nitrogen and oxygen atoms in total. The molecule has 4 aliphatic rings. The average Bonchev–Trinajstić information content (AvgIpc) is 3.95. The Morgan fingerprint density at radius 3 is 1.44 bits per heavy atom. The molecule has 61 heavy (non-hydrogen) atoms. The molecule has 16 heteroatoms. The lowest BCUT2D eigenvalue weighted by atomic mass is 10.0. The second-order valence-electron chi connectivity index (χ2n) is 18.2. The summed E-state index contributed by atoms with van der Waals surface area (Å²) in [7, 11) is -3.40. The molecule has 6 atom stereocenters. The first-order valence-corrected chi connectivity index (χ1v) is 22.5. The van der Waals surface area contributed by atoms with Crippen molar-refractivity contribution in [1.29, 1.82) is 0 Å². The summed E-state index contributed by atoms with van der Waals surface area (Å²) in [5, 5.41) is 9.23. The van der Waals surface area contributed by atoms with Gasteiger partial charge in [0, 0.05) is 62.1 Å². The Morgan fingerprint density at radius 2 is 1.03 bits per heavy atom. The number of phenols is 1. The van der Waals surface area contributed by atoms with E-state index in [2.05, 4.69) is 19.9 Å². The monoisotopic (exact) mass is 858 g/mol. The Balaban J connectivity index is 0.000000164. The fourth-order valence-electron chi connectivity index (χ4n) is 8.39. The van der Waals surface area contributed by atoms with E-state index >= 15 is 0 Å². The Labute approximate surface area is 359 Å². The molecule has 2 saturated heterocycles. The molecule has 2 amide bonds. The zero-order chi connectivity index (χ0) is 44.0. The predicted octanol–water partition coefficient (Wildman–Crippen LogP) is 7.63. The number of carbonyl (C=O) groups is 2. The van der Waals surface area contributed by atoms with Crippen LogP contribution in [0.1, 0.15) is 67.2 Å². The second-order valence-corrected chi connectivity index (χ2v) is 19.8. The van der Waals surface area contributed by atoms with Crippen LogP contribution in [-0.2, 0) is 23.8 Å². The van der Waals surface area contributed by atoms with E-state index in [9.17, 15) is 23.1 Å². The minimum Gasteiger partial charge on any atom is -0.508 e. The summed E-state index contributed by atoms with van der Waals surface area (Å²) in [6.45, 7) is 14.0. The summed E-state index contributed by atoms with van der Waals surface area (Å²) < 4.78 is 44.4. The number of carbonyl (C=O) groups excluding carboxylic acids is 2. The zero-order valence-electron chi connectivity index (χ0n) is 36.0. The van der Waals surface area contributed by atoms with Crippen LogP contribution in [-0.4, -0.2) is 111 Å². The van der Waals surface area contributed by atoms with Crippen molar-refractivity contribution in [3.63, 3.8) is 0 Å². The van der Waals surface area contributed by atoms with Crippen molar-refractivity contribution < 1.29 is 41.5 Å². The van der Waals surface area contributed by atoms with E-state index in [1.54, 1.807) is 47.9 Å². The second kappa shape index (κ2) is 19.1. The highest BCUT2D eigenvalue weighted by molar-refractivity contribution is 7.86. The van der Waals surface area contributed by atoms with Gasteiger partial charge in [0.1, 0.15) is 35.4 Å². The molecule has 0 radical (unpaired) electrons. The third kappa shape index (κ3) is 13.6. The summed E-state index contributed by atoms with van der Waals surface area (Å²) in [6, 6.07) is 15.1. The zero-order valence-corrected chi connectivity index (χ0v) is 36.8. The fourth-order valence-corrected chi connectivity index (χ4v) is 9.04. The Morgan fingerprint density at radius 1 is 0.623 bits per heavy atom. The molecule has 8 rings (SSSR count). The van der Waals surface area contributed by atoms with Gasteiger partial charge in [-0.25, -0.2) is 29.5 Å². The summed E-state index contributed by atoms with van der Waals surface area (Å²) in [5.41, 5.74) is 2.90. The summed E-state index contributed by atoms with van der Waals surface area (Å²) in [6.07, 6.45) is 13.9. The molecule has 328 valence electrons. The van der Waals surface area contributed by atoms with Crippen LogP contribution >= 0.6 is 0 Å². The number of benzene rings is 2. The number of nitrogens with zero attached hydrogens (tertiary/aromatic N) is 6. The Kier molecular flexibility index (Phi) is 14.2. The van der Waals surface area contributed by atoms with Gasteiger partial charge in [0.25, 0.3) is 10.1 Å². The quantitative estimate of drug-likeness (QED) is 0.187. The topological polar surface area (TPSA) is 183 Å². The number of phenolic OH excluding ortho intramolecular Hbond substituents is 1. The highest BCUT2D eigenvalue weighted by atomic mass is 32.2. The van der Waals surface area contributed by atoms with E-state index in [1.165, 1.54) is 12.7 Å². The number of aromatic nitrogens is 4. The van der Waals surface area contributed by atoms with E-state index in [-0.39, 0.29) is 30.1 Å². The number of fused-ring (bicyclic) bond motifs is 2. The van der Waals surface area contributed by atoms with Crippen LogP contribution in [0.4, 0.5) is 9.59 Å². The highest BCUT2D eigenvalue weighted by Crippen LogP contribution is 2.41. The van der Waals surface area contributed by atoms with Gasteiger partial charge in [0.05, 0.1) is 18.5 Å². The van der Waals surface area contributed by atoms with Crippen LogP contribution in [0.3, 0.4) is 0 Å². The highest BCUT2D eigenvalue weighted by Gasteiger charge is 2.45. The first kappa shape index (κ1) is 45.2. The maximum absolute atomic E-state index is 12.3. The molecule has 4 fully saturated rings. The molecule has 0 bridgehead atoms. The van der Waals surface area contributed by atoms with Gasteiger partial charge in [-0.2, -0.15) is 8.42 Å². The maximum Gasteiger partial charge on any atom is 0.410 e. The fraction of sp³-hybridized carbons (Fsp3) is 0.511. The van der Waals surface area contributed by atoms with Crippen molar-refractivity contribution in [3.8, 4) is 33.8 Å². The van der Waals surface area contributed by atoms with E-state index < -0.39 is 21.3 Å². The average molecular weight is 859 g/mol. The van der Waals surface area contributed by atoms with Gasteiger partial charge in [-0.1, -0.05) is 24.3 Å². The number of aromatic hydroxyl groups is 1. The molecule has 2 saturated carbocycles. The molecule has 4 aromatic rings. The number of ether oxygens (including phenoxy) is 3. The third-order valence-corrected chi connectivity index (χ3v) is 11.4. The first-order valence-electron chi connectivity index (χ1n) is 20.7. The normalized spacial score (nSPS) is 23.1. The molecule has 2 aliphatic carbocycles. The SMILES string of the molecule is CC(C)(C)OC(=O)N1C[C@H]2CC(OS(C)(=O)=O)C[C@H]2C1.CC(C)(C)OC(=O)N1C[C@H]2CC(Oc3cccc(-c4cncnc4)c3)C[C@H]2C1.Oc1cccc(-c2cncnc2)c1. The van der Waals surface area contributed by atoms with Crippen molar-refractivity contribution in [2.24, 2.45) is 23.7 Å². The van der Waals surface area contributed by atoms with Crippen LogP contribution in [0, 0.1) is 23.7 Å². The van der Waals surface area contributed by atoms with Gasteiger partial charge in [-0.05, 0) is 126 Å². The number of likely N-dealkylation sites (tertiary alicyclic amines) is 2. The van der Waals surface area contributed by atoms with E-state index in [4.69, 9.17) is 18.4 Å². The number of amides is 2. The standard InChI is InChI=1S/C22H27N3O3.C13H23NO5S.C10H8N2O/c1-22(2,3)28-21(26)25-12-16-8-20(9-17(16)13-25)27-19-6-4-5-15(7-19)18-10-23-14-24-11-18;1-13(2,3)18-12(15)14-7-9-5-11(6-10(9)8-14)19-20(4,16)17;13-10-3-1-2-8(4-10)9-5-11-7-12-6-9/h4-7,10-11,14,16-17,20H,8-9,12-13H2,1-3H3;9-11H,5-8H2,1-4H3;1-7,13H/t16-,17+,20?;9-,10+,11?;.